The number of carboxylic acid groups (broad SMARTS) is 1. The topological polar surface area (TPSA) is 101 Å². The normalized spacial score (nSPS) is 28.5. The van der Waals surface area contributed by atoms with Gasteiger partial charge in [0.15, 0.2) is 9.84 Å². The zero-order valence-electron chi connectivity index (χ0n) is 11.4. The van der Waals surface area contributed by atoms with Gasteiger partial charge in [-0.25, -0.2) is 13.2 Å². The number of aliphatic carboxylic acids is 1. The van der Waals surface area contributed by atoms with Crippen LogP contribution in [0, 0.1) is 5.92 Å². The molecule has 6 nitrogen and oxygen atoms in total. The first kappa shape index (κ1) is 15.3. The maximum Gasteiger partial charge on any atom is 0.329 e. The summed E-state index contributed by atoms with van der Waals surface area (Å²) in [6.45, 7) is 0. The van der Waals surface area contributed by atoms with Gasteiger partial charge < -0.3 is 10.4 Å². The monoisotopic (exact) mass is 303 g/mol. The second kappa shape index (κ2) is 5.71. The van der Waals surface area contributed by atoms with Crippen LogP contribution in [0.25, 0.3) is 0 Å². The van der Waals surface area contributed by atoms with Crippen molar-refractivity contribution in [3.63, 3.8) is 0 Å². The van der Waals surface area contributed by atoms with Crippen molar-refractivity contribution in [1.82, 2.24) is 5.32 Å². The Morgan fingerprint density at radius 3 is 2.15 bits per heavy atom. The van der Waals surface area contributed by atoms with E-state index in [-0.39, 0.29) is 11.5 Å². The first-order chi connectivity index (χ1) is 9.35. The number of nitrogens with one attached hydrogen (secondary N) is 1. The molecule has 2 N–H and O–H groups in total. The van der Waals surface area contributed by atoms with Gasteiger partial charge in [-0.3, -0.25) is 4.79 Å². The predicted molar refractivity (Wildman–Crippen MR) is 73.0 cm³/mol. The summed E-state index contributed by atoms with van der Waals surface area (Å²) in [4.78, 5) is 23.8. The zero-order valence-corrected chi connectivity index (χ0v) is 12.2. The van der Waals surface area contributed by atoms with E-state index in [0.717, 1.165) is 25.7 Å². The van der Waals surface area contributed by atoms with E-state index >= 15 is 0 Å². The molecule has 114 valence electrons. The largest absolute Gasteiger partial charge is 0.480 e. The van der Waals surface area contributed by atoms with Crippen LogP contribution >= 0.6 is 0 Å². The second-order valence-electron chi connectivity index (χ2n) is 5.89. The van der Waals surface area contributed by atoms with Crippen LogP contribution in [0.15, 0.2) is 0 Å². The molecule has 1 unspecified atom stereocenters. The van der Waals surface area contributed by atoms with E-state index in [2.05, 4.69) is 5.32 Å². The molecule has 7 heteroatoms. The number of amides is 1. The lowest BCUT2D eigenvalue weighted by molar-refractivity contribution is -0.149. The van der Waals surface area contributed by atoms with Crippen LogP contribution in [-0.4, -0.2) is 42.4 Å². The quantitative estimate of drug-likeness (QED) is 0.748. The van der Waals surface area contributed by atoms with Crippen molar-refractivity contribution >= 4 is 21.7 Å². The number of hydrogen-bond donors (Lipinski definition) is 2. The van der Waals surface area contributed by atoms with Crippen LogP contribution in [0.1, 0.15) is 44.9 Å². The fourth-order valence-corrected chi connectivity index (χ4v) is 4.81. The Morgan fingerprint density at radius 2 is 1.70 bits per heavy atom. The zero-order chi connectivity index (χ0) is 14.8. The van der Waals surface area contributed by atoms with Crippen LogP contribution in [-0.2, 0) is 19.4 Å². The average molecular weight is 303 g/mol. The van der Waals surface area contributed by atoms with Gasteiger partial charge in [-0.05, 0) is 19.3 Å². The highest BCUT2D eigenvalue weighted by molar-refractivity contribution is 7.91. The Morgan fingerprint density at radius 1 is 1.10 bits per heavy atom. The highest BCUT2D eigenvalue weighted by atomic mass is 32.2. The van der Waals surface area contributed by atoms with E-state index in [0.29, 0.717) is 19.3 Å². The minimum Gasteiger partial charge on any atom is -0.480 e. The molecule has 0 spiro atoms. The summed E-state index contributed by atoms with van der Waals surface area (Å²) >= 11 is 0. The molecule has 1 aliphatic heterocycles. The lowest BCUT2D eigenvalue weighted by atomic mass is 9.89. The summed E-state index contributed by atoms with van der Waals surface area (Å²) in [5, 5.41) is 12.1. The summed E-state index contributed by atoms with van der Waals surface area (Å²) in [6, 6.07) is 0. The van der Waals surface area contributed by atoms with E-state index in [9.17, 15) is 23.1 Å². The van der Waals surface area contributed by atoms with Gasteiger partial charge in [0, 0.05) is 0 Å². The van der Waals surface area contributed by atoms with E-state index in [1.807, 2.05) is 0 Å². The number of carboxylic acids is 1. The molecule has 1 saturated carbocycles. The number of carbonyl (C=O) groups excluding carboxylic acids is 1. The van der Waals surface area contributed by atoms with Crippen molar-refractivity contribution in [1.29, 1.82) is 0 Å². The molecule has 2 rings (SSSR count). The first-order valence-corrected chi connectivity index (χ1v) is 8.93. The molecule has 0 aromatic heterocycles. The Kier molecular flexibility index (Phi) is 4.36. The first-order valence-electron chi connectivity index (χ1n) is 7.10. The molecule has 0 aromatic rings. The van der Waals surface area contributed by atoms with E-state index < -0.39 is 33.2 Å². The average Bonchev–Trinajstić information content (AvgIpc) is 2.60. The maximum absolute atomic E-state index is 12.2. The third-order valence-corrected chi connectivity index (χ3v) is 6.10. The molecule has 1 atom stereocenters. The van der Waals surface area contributed by atoms with Crippen LogP contribution in [0.2, 0.25) is 0 Å². The lowest BCUT2D eigenvalue weighted by Gasteiger charge is -2.30. The molecular weight excluding hydrogens is 282 g/mol. The van der Waals surface area contributed by atoms with E-state index in [1.54, 1.807) is 0 Å². The number of rotatable bonds is 3. The number of hydrogen-bond acceptors (Lipinski definition) is 4. The van der Waals surface area contributed by atoms with Crippen LogP contribution in [0.3, 0.4) is 0 Å². The van der Waals surface area contributed by atoms with Gasteiger partial charge in [-0.1, -0.05) is 25.7 Å². The molecule has 1 heterocycles. The number of sulfone groups is 1. The second-order valence-corrected chi connectivity index (χ2v) is 8.12. The Bertz CT molecular complexity index is 491. The van der Waals surface area contributed by atoms with Gasteiger partial charge in [0.25, 0.3) is 0 Å². The van der Waals surface area contributed by atoms with Gasteiger partial charge in [-0.2, -0.15) is 0 Å². The van der Waals surface area contributed by atoms with Crippen molar-refractivity contribution in [2.24, 2.45) is 5.92 Å². The molecule has 0 aromatic carbocycles. The Balaban J connectivity index is 2.08. The van der Waals surface area contributed by atoms with Gasteiger partial charge in [0.1, 0.15) is 5.54 Å². The van der Waals surface area contributed by atoms with Crippen molar-refractivity contribution < 1.29 is 23.1 Å². The molecule has 20 heavy (non-hydrogen) atoms. The molecule has 0 bridgehead atoms. The van der Waals surface area contributed by atoms with Crippen molar-refractivity contribution in [3.05, 3.63) is 0 Å². The van der Waals surface area contributed by atoms with Gasteiger partial charge >= 0.3 is 5.97 Å². The Labute approximate surface area is 118 Å². The fraction of sp³-hybridized carbons (Fsp3) is 0.846. The third kappa shape index (κ3) is 3.31. The number of carbonyl (C=O) groups is 2. The Hall–Kier alpha value is -1.11. The van der Waals surface area contributed by atoms with Gasteiger partial charge in [0.2, 0.25) is 5.91 Å². The van der Waals surface area contributed by atoms with Crippen molar-refractivity contribution in [2.75, 3.05) is 11.5 Å². The SMILES string of the molecule is O=C(NC1(C(=O)O)CCCCCC1)C1CCS(=O)(=O)C1. The van der Waals surface area contributed by atoms with Crippen molar-refractivity contribution in [3.8, 4) is 0 Å². The van der Waals surface area contributed by atoms with Gasteiger partial charge in [0.05, 0.1) is 17.4 Å². The van der Waals surface area contributed by atoms with Crippen LogP contribution < -0.4 is 5.32 Å². The molecule has 1 saturated heterocycles. The fourth-order valence-electron chi connectivity index (χ4n) is 3.06. The molecule has 2 fully saturated rings. The van der Waals surface area contributed by atoms with Crippen LogP contribution in [0.5, 0.6) is 0 Å². The predicted octanol–water partition coefficient (Wildman–Crippen LogP) is 0.715. The van der Waals surface area contributed by atoms with Crippen LogP contribution in [0.4, 0.5) is 0 Å². The summed E-state index contributed by atoms with van der Waals surface area (Å²) in [6.07, 6.45) is 4.64. The molecule has 0 radical (unpaired) electrons. The molecule has 2 aliphatic rings. The smallest absolute Gasteiger partial charge is 0.329 e. The molecular formula is C13H21NO5S. The molecule has 1 amide bonds. The lowest BCUT2D eigenvalue weighted by Crippen LogP contribution is -2.55. The van der Waals surface area contributed by atoms with Crippen molar-refractivity contribution in [2.45, 2.75) is 50.5 Å². The maximum atomic E-state index is 12.2. The van der Waals surface area contributed by atoms with E-state index in [1.165, 1.54) is 0 Å². The minimum absolute atomic E-state index is 0.0190. The third-order valence-electron chi connectivity index (χ3n) is 4.33. The van der Waals surface area contributed by atoms with E-state index in [4.69, 9.17) is 0 Å². The highest BCUT2D eigenvalue weighted by Gasteiger charge is 2.43. The van der Waals surface area contributed by atoms with Gasteiger partial charge in [-0.15, -0.1) is 0 Å². The standard InChI is InChI=1S/C13H21NO5S/c15-11(10-5-8-20(18,19)9-10)14-13(12(16)17)6-3-1-2-4-7-13/h10H,1-9H2,(H,14,15)(H,16,17). The minimum atomic E-state index is -3.14. The molecule has 1 aliphatic carbocycles. The summed E-state index contributed by atoms with van der Waals surface area (Å²) < 4.78 is 22.8. The summed E-state index contributed by atoms with van der Waals surface area (Å²) in [5.74, 6) is -2.16. The highest BCUT2D eigenvalue weighted by Crippen LogP contribution is 2.29. The summed E-state index contributed by atoms with van der Waals surface area (Å²) in [7, 11) is -3.14. The summed E-state index contributed by atoms with van der Waals surface area (Å²) in [5.41, 5.74) is -1.21.